The maximum atomic E-state index is 12.3. The van der Waals surface area contributed by atoms with Crippen LogP contribution in [0.2, 0.25) is 0 Å². The van der Waals surface area contributed by atoms with Crippen LogP contribution in [0.4, 0.5) is 10.5 Å². The first kappa shape index (κ1) is 13.4. The minimum Gasteiger partial charge on any atom is -0.480 e. The van der Waals surface area contributed by atoms with Gasteiger partial charge in [-0.2, -0.15) is 0 Å². The molecule has 1 heterocycles. The van der Waals surface area contributed by atoms with Crippen molar-refractivity contribution in [2.24, 2.45) is 0 Å². The number of likely N-dealkylation sites (tertiary alicyclic amines) is 1. The Morgan fingerprint density at radius 2 is 1.95 bits per heavy atom. The summed E-state index contributed by atoms with van der Waals surface area (Å²) in [5, 5.41) is 9.11. The lowest BCUT2D eigenvalue weighted by molar-refractivity contribution is -0.141. The van der Waals surface area contributed by atoms with Gasteiger partial charge in [0.25, 0.3) is 0 Å². The van der Waals surface area contributed by atoms with Gasteiger partial charge in [-0.3, -0.25) is 4.90 Å². The zero-order valence-electron chi connectivity index (χ0n) is 11.2. The van der Waals surface area contributed by atoms with Crippen LogP contribution in [0.3, 0.4) is 0 Å². The van der Waals surface area contributed by atoms with Crippen LogP contribution >= 0.6 is 0 Å². The average Bonchev–Trinajstić information content (AvgIpc) is 2.87. The van der Waals surface area contributed by atoms with E-state index in [1.807, 2.05) is 31.2 Å². The number of amides is 2. The second kappa shape index (κ2) is 5.30. The van der Waals surface area contributed by atoms with Crippen molar-refractivity contribution in [3.05, 3.63) is 29.8 Å². The Balaban J connectivity index is 2.14. The molecule has 5 nitrogen and oxygen atoms in total. The van der Waals surface area contributed by atoms with Gasteiger partial charge in [-0.05, 0) is 31.9 Å². The smallest absolute Gasteiger partial charge is 0.326 e. The molecule has 0 aliphatic carbocycles. The molecule has 2 amide bonds. The van der Waals surface area contributed by atoms with Crippen molar-refractivity contribution in [1.29, 1.82) is 0 Å². The Bertz CT molecular complexity index is 484. The number of benzene rings is 1. The van der Waals surface area contributed by atoms with Crippen LogP contribution in [-0.4, -0.2) is 41.6 Å². The molecule has 1 aromatic rings. The molecule has 0 aromatic heterocycles. The number of anilines is 1. The molecule has 0 bridgehead atoms. The zero-order valence-corrected chi connectivity index (χ0v) is 11.2. The van der Waals surface area contributed by atoms with Crippen molar-refractivity contribution < 1.29 is 14.7 Å². The minimum absolute atomic E-state index is 0.256. The lowest BCUT2D eigenvalue weighted by atomic mass is 10.2. The monoisotopic (exact) mass is 262 g/mol. The molecule has 2 rings (SSSR count). The fourth-order valence-corrected chi connectivity index (χ4v) is 2.32. The fraction of sp³-hybridized carbons (Fsp3) is 0.429. The number of aliphatic carboxylic acids is 1. The molecule has 1 unspecified atom stereocenters. The van der Waals surface area contributed by atoms with Gasteiger partial charge in [0, 0.05) is 19.3 Å². The lowest BCUT2D eigenvalue weighted by Crippen LogP contribution is -2.46. The number of carboxylic acid groups (broad SMARTS) is 1. The van der Waals surface area contributed by atoms with Crippen molar-refractivity contribution in [3.8, 4) is 0 Å². The Kier molecular flexibility index (Phi) is 3.74. The van der Waals surface area contributed by atoms with Crippen LogP contribution in [0.1, 0.15) is 18.4 Å². The molecule has 0 spiro atoms. The summed E-state index contributed by atoms with van der Waals surface area (Å²) in [5.41, 5.74) is 1.89. The first-order valence-corrected chi connectivity index (χ1v) is 6.34. The maximum absolute atomic E-state index is 12.3. The number of carbonyl (C=O) groups excluding carboxylic acids is 1. The maximum Gasteiger partial charge on any atom is 0.326 e. The highest BCUT2D eigenvalue weighted by Gasteiger charge is 2.35. The van der Waals surface area contributed by atoms with E-state index < -0.39 is 12.0 Å². The molecule has 0 radical (unpaired) electrons. The van der Waals surface area contributed by atoms with Crippen LogP contribution in [0.5, 0.6) is 0 Å². The van der Waals surface area contributed by atoms with Gasteiger partial charge in [0.1, 0.15) is 6.04 Å². The van der Waals surface area contributed by atoms with E-state index >= 15 is 0 Å². The number of nitrogens with zero attached hydrogens (tertiary/aromatic N) is 2. The molecular weight excluding hydrogens is 244 g/mol. The van der Waals surface area contributed by atoms with Gasteiger partial charge in [0.15, 0.2) is 0 Å². The lowest BCUT2D eigenvalue weighted by Gasteiger charge is -2.27. The topological polar surface area (TPSA) is 60.9 Å². The van der Waals surface area contributed by atoms with E-state index in [0.29, 0.717) is 13.0 Å². The Labute approximate surface area is 112 Å². The summed E-state index contributed by atoms with van der Waals surface area (Å²) in [5.74, 6) is -0.928. The molecular formula is C14H18N2O3. The van der Waals surface area contributed by atoms with E-state index in [0.717, 1.165) is 17.7 Å². The third kappa shape index (κ3) is 2.70. The van der Waals surface area contributed by atoms with Crippen molar-refractivity contribution in [3.63, 3.8) is 0 Å². The Hall–Kier alpha value is -2.04. The molecule has 1 aliphatic heterocycles. The summed E-state index contributed by atoms with van der Waals surface area (Å²) < 4.78 is 0. The summed E-state index contributed by atoms with van der Waals surface area (Å²) in [6.07, 6.45) is 1.27. The van der Waals surface area contributed by atoms with E-state index in [-0.39, 0.29) is 6.03 Å². The van der Waals surface area contributed by atoms with Crippen LogP contribution in [-0.2, 0) is 4.79 Å². The summed E-state index contributed by atoms with van der Waals surface area (Å²) in [6.45, 7) is 2.48. The second-order valence-electron chi connectivity index (χ2n) is 4.87. The average molecular weight is 262 g/mol. The number of carboxylic acids is 1. The molecule has 5 heteroatoms. The highest BCUT2D eigenvalue weighted by atomic mass is 16.4. The third-order valence-corrected chi connectivity index (χ3v) is 3.49. The Morgan fingerprint density at radius 1 is 1.32 bits per heavy atom. The predicted octanol–water partition coefficient (Wildman–Crippen LogP) is 2.10. The summed E-state index contributed by atoms with van der Waals surface area (Å²) >= 11 is 0. The number of hydrogen-bond acceptors (Lipinski definition) is 2. The predicted molar refractivity (Wildman–Crippen MR) is 72.3 cm³/mol. The zero-order chi connectivity index (χ0) is 14.0. The van der Waals surface area contributed by atoms with E-state index in [1.165, 1.54) is 9.80 Å². The second-order valence-corrected chi connectivity index (χ2v) is 4.87. The highest BCUT2D eigenvalue weighted by Crippen LogP contribution is 2.22. The van der Waals surface area contributed by atoms with Gasteiger partial charge >= 0.3 is 12.0 Å². The van der Waals surface area contributed by atoms with E-state index in [2.05, 4.69) is 0 Å². The van der Waals surface area contributed by atoms with Gasteiger partial charge in [-0.1, -0.05) is 17.7 Å². The third-order valence-electron chi connectivity index (χ3n) is 3.49. The normalized spacial score (nSPS) is 18.4. The van der Waals surface area contributed by atoms with Gasteiger partial charge < -0.3 is 10.0 Å². The quantitative estimate of drug-likeness (QED) is 0.887. The molecule has 1 aliphatic rings. The SMILES string of the molecule is Cc1ccc(N(C)C(=O)N2CCCC2C(=O)O)cc1. The van der Waals surface area contributed by atoms with Crippen LogP contribution in [0.25, 0.3) is 0 Å². The molecule has 1 saturated heterocycles. The van der Waals surface area contributed by atoms with Crippen LogP contribution in [0, 0.1) is 6.92 Å². The highest BCUT2D eigenvalue weighted by molar-refractivity contribution is 5.94. The molecule has 1 fully saturated rings. The first-order chi connectivity index (χ1) is 9.00. The molecule has 19 heavy (non-hydrogen) atoms. The van der Waals surface area contributed by atoms with Crippen LogP contribution in [0.15, 0.2) is 24.3 Å². The van der Waals surface area contributed by atoms with Gasteiger partial charge in [-0.15, -0.1) is 0 Å². The molecule has 1 aromatic carbocycles. The van der Waals surface area contributed by atoms with Gasteiger partial charge in [0.2, 0.25) is 0 Å². The largest absolute Gasteiger partial charge is 0.480 e. The summed E-state index contributed by atoms with van der Waals surface area (Å²) in [4.78, 5) is 26.4. The van der Waals surface area contributed by atoms with Crippen molar-refractivity contribution in [2.45, 2.75) is 25.8 Å². The molecule has 0 saturated carbocycles. The Morgan fingerprint density at radius 3 is 2.53 bits per heavy atom. The number of carbonyl (C=O) groups is 2. The number of hydrogen-bond donors (Lipinski definition) is 1. The number of aryl methyl sites for hydroxylation is 1. The minimum atomic E-state index is -0.928. The van der Waals surface area contributed by atoms with Crippen molar-refractivity contribution in [1.82, 2.24) is 4.90 Å². The van der Waals surface area contributed by atoms with Gasteiger partial charge in [-0.25, -0.2) is 9.59 Å². The summed E-state index contributed by atoms with van der Waals surface area (Å²) in [6, 6.07) is 6.63. The summed E-state index contributed by atoms with van der Waals surface area (Å²) in [7, 11) is 1.67. The molecule has 1 atom stereocenters. The van der Waals surface area contributed by atoms with Crippen molar-refractivity contribution >= 4 is 17.7 Å². The van der Waals surface area contributed by atoms with Gasteiger partial charge in [0.05, 0.1) is 0 Å². The standard InChI is InChI=1S/C14H18N2O3/c1-10-5-7-11(8-6-10)15(2)14(19)16-9-3-4-12(16)13(17)18/h5-8,12H,3-4,9H2,1-2H3,(H,17,18). The van der Waals surface area contributed by atoms with Crippen molar-refractivity contribution in [2.75, 3.05) is 18.5 Å². The van der Waals surface area contributed by atoms with Crippen LogP contribution < -0.4 is 4.90 Å². The number of urea groups is 1. The molecule has 102 valence electrons. The first-order valence-electron chi connectivity index (χ1n) is 6.34. The van der Waals surface area contributed by atoms with E-state index in [1.54, 1.807) is 7.05 Å². The van der Waals surface area contributed by atoms with E-state index in [9.17, 15) is 9.59 Å². The van der Waals surface area contributed by atoms with E-state index in [4.69, 9.17) is 5.11 Å². The fourth-order valence-electron chi connectivity index (χ4n) is 2.32. The number of rotatable bonds is 2. The molecule has 1 N–H and O–H groups in total.